The smallest absolute Gasteiger partial charge is 0.305 e. The fourth-order valence-electron chi connectivity index (χ4n) is 1.97. The number of nitrogens with one attached hydrogen (secondary N) is 1. The molecule has 0 saturated heterocycles. The summed E-state index contributed by atoms with van der Waals surface area (Å²) >= 11 is 5.90. The van der Waals surface area contributed by atoms with Gasteiger partial charge in [0.15, 0.2) is 0 Å². The Bertz CT molecular complexity index is 503. The molecule has 2 N–H and O–H groups in total. The third-order valence-electron chi connectivity index (χ3n) is 2.94. The first-order valence-corrected chi connectivity index (χ1v) is 6.35. The summed E-state index contributed by atoms with van der Waals surface area (Å²) in [4.78, 5) is 22.2. The van der Waals surface area contributed by atoms with Gasteiger partial charge in [-0.1, -0.05) is 11.6 Å². The number of rotatable bonds is 4. The summed E-state index contributed by atoms with van der Waals surface area (Å²) in [7, 11) is 0. The first-order chi connectivity index (χ1) is 9.06. The molecule has 19 heavy (non-hydrogen) atoms. The highest BCUT2D eigenvalue weighted by Crippen LogP contribution is 2.29. The Labute approximate surface area is 115 Å². The zero-order chi connectivity index (χ0) is 13.8. The Morgan fingerprint density at radius 1 is 1.47 bits per heavy atom. The molecule has 1 aromatic carbocycles. The first-order valence-electron chi connectivity index (χ1n) is 5.97. The van der Waals surface area contributed by atoms with Crippen molar-refractivity contribution in [1.82, 2.24) is 5.32 Å². The minimum absolute atomic E-state index is 0.0816. The van der Waals surface area contributed by atoms with E-state index in [0.29, 0.717) is 18.1 Å². The number of carboxylic acid groups (broad SMARTS) is 1. The highest BCUT2D eigenvalue weighted by atomic mass is 35.5. The van der Waals surface area contributed by atoms with E-state index in [1.165, 1.54) is 0 Å². The van der Waals surface area contributed by atoms with Gasteiger partial charge in [0.25, 0.3) is 0 Å². The number of hydrogen-bond donors (Lipinski definition) is 2. The molecule has 0 bridgehead atoms. The molecule has 0 saturated carbocycles. The van der Waals surface area contributed by atoms with Gasteiger partial charge < -0.3 is 15.2 Å². The van der Waals surface area contributed by atoms with E-state index in [2.05, 4.69) is 5.32 Å². The Morgan fingerprint density at radius 2 is 2.26 bits per heavy atom. The lowest BCUT2D eigenvalue weighted by Crippen LogP contribution is -2.38. The Morgan fingerprint density at radius 3 is 3.00 bits per heavy atom. The van der Waals surface area contributed by atoms with Crippen LogP contribution in [0.15, 0.2) is 18.2 Å². The first kappa shape index (κ1) is 13.7. The second-order valence-electron chi connectivity index (χ2n) is 4.40. The second-order valence-corrected chi connectivity index (χ2v) is 4.84. The van der Waals surface area contributed by atoms with Crippen LogP contribution in [0.1, 0.15) is 12.0 Å². The molecule has 0 fully saturated rings. The minimum Gasteiger partial charge on any atom is -0.492 e. The van der Waals surface area contributed by atoms with Crippen LogP contribution in [-0.4, -0.2) is 30.1 Å². The van der Waals surface area contributed by atoms with E-state index in [0.717, 1.165) is 11.3 Å². The van der Waals surface area contributed by atoms with Crippen molar-refractivity contribution in [3.05, 3.63) is 28.8 Å². The van der Waals surface area contributed by atoms with E-state index < -0.39 is 5.97 Å². The van der Waals surface area contributed by atoms with Crippen LogP contribution in [0, 0.1) is 5.92 Å². The lowest BCUT2D eigenvalue weighted by atomic mass is 9.96. The third-order valence-corrected chi connectivity index (χ3v) is 3.17. The molecule has 1 unspecified atom stereocenters. The van der Waals surface area contributed by atoms with E-state index in [4.69, 9.17) is 21.4 Å². The Balaban J connectivity index is 1.93. The van der Waals surface area contributed by atoms with Crippen LogP contribution < -0.4 is 10.1 Å². The molecule has 6 heteroatoms. The van der Waals surface area contributed by atoms with Crippen LogP contribution in [0.2, 0.25) is 5.02 Å². The maximum Gasteiger partial charge on any atom is 0.305 e. The number of halogens is 1. The van der Waals surface area contributed by atoms with Gasteiger partial charge in [0.2, 0.25) is 5.91 Å². The number of amides is 1. The minimum atomic E-state index is -0.933. The number of carbonyl (C=O) groups excluding carboxylic acids is 1. The number of carboxylic acids is 1. The van der Waals surface area contributed by atoms with Crippen molar-refractivity contribution in [2.75, 3.05) is 13.2 Å². The number of fused-ring (bicyclic) bond motifs is 1. The van der Waals surface area contributed by atoms with Gasteiger partial charge in [0.05, 0.1) is 12.3 Å². The van der Waals surface area contributed by atoms with Crippen LogP contribution >= 0.6 is 11.6 Å². The number of ether oxygens (including phenoxy) is 1. The largest absolute Gasteiger partial charge is 0.492 e. The molecule has 0 spiro atoms. The molecule has 1 atom stereocenters. The van der Waals surface area contributed by atoms with Gasteiger partial charge in [-0.3, -0.25) is 9.59 Å². The molecular formula is C13H14ClNO4. The Hall–Kier alpha value is -1.75. The average Bonchev–Trinajstić information content (AvgIpc) is 2.37. The zero-order valence-corrected chi connectivity index (χ0v) is 10.9. The van der Waals surface area contributed by atoms with Crippen molar-refractivity contribution < 1.29 is 19.4 Å². The Kier molecular flexibility index (Phi) is 4.27. The van der Waals surface area contributed by atoms with Crippen molar-refractivity contribution in [2.45, 2.75) is 12.8 Å². The van der Waals surface area contributed by atoms with Crippen LogP contribution in [0.25, 0.3) is 0 Å². The van der Waals surface area contributed by atoms with Crippen molar-refractivity contribution in [1.29, 1.82) is 0 Å². The summed E-state index contributed by atoms with van der Waals surface area (Å²) in [5.74, 6) is -0.678. The topological polar surface area (TPSA) is 75.6 Å². The van der Waals surface area contributed by atoms with Crippen molar-refractivity contribution >= 4 is 23.5 Å². The number of benzene rings is 1. The summed E-state index contributed by atoms with van der Waals surface area (Å²) in [6.07, 6.45) is 0.469. The molecule has 5 nitrogen and oxygen atoms in total. The van der Waals surface area contributed by atoms with Crippen LogP contribution in [-0.2, 0) is 16.0 Å². The van der Waals surface area contributed by atoms with Crippen LogP contribution in [0.5, 0.6) is 5.75 Å². The lowest BCUT2D eigenvalue weighted by molar-refractivity contribution is -0.137. The SMILES string of the molecule is O=C(O)CCNC(=O)C1COc2ccc(Cl)cc2C1. The summed E-state index contributed by atoms with van der Waals surface area (Å²) in [6.45, 7) is 0.431. The van der Waals surface area contributed by atoms with Crippen molar-refractivity contribution in [3.63, 3.8) is 0 Å². The molecule has 0 aliphatic carbocycles. The molecule has 1 aliphatic rings. The fraction of sp³-hybridized carbons (Fsp3) is 0.385. The maximum absolute atomic E-state index is 11.9. The highest BCUT2D eigenvalue weighted by molar-refractivity contribution is 6.30. The second kappa shape index (κ2) is 5.93. The molecule has 1 aliphatic heterocycles. The van der Waals surface area contributed by atoms with Gasteiger partial charge in [-0.05, 0) is 30.2 Å². The van der Waals surface area contributed by atoms with Crippen molar-refractivity contribution in [2.24, 2.45) is 5.92 Å². The number of aliphatic carboxylic acids is 1. The van der Waals surface area contributed by atoms with Crippen molar-refractivity contribution in [3.8, 4) is 5.75 Å². The van der Waals surface area contributed by atoms with E-state index in [1.807, 2.05) is 0 Å². The molecule has 1 heterocycles. The molecule has 1 aromatic rings. The van der Waals surface area contributed by atoms with Crippen LogP contribution in [0.3, 0.4) is 0 Å². The zero-order valence-electron chi connectivity index (χ0n) is 10.2. The third kappa shape index (κ3) is 3.61. The predicted octanol–water partition coefficient (Wildman–Crippen LogP) is 1.48. The monoisotopic (exact) mass is 283 g/mol. The maximum atomic E-state index is 11.9. The number of carbonyl (C=O) groups is 2. The standard InChI is InChI=1S/C13H14ClNO4/c14-10-1-2-11-8(6-10)5-9(7-19-11)13(18)15-4-3-12(16)17/h1-2,6,9H,3-5,7H2,(H,15,18)(H,16,17). The molecule has 102 valence electrons. The quantitative estimate of drug-likeness (QED) is 0.878. The van der Waals surface area contributed by atoms with Gasteiger partial charge >= 0.3 is 5.97 Å². The van der Waals surface area contributed by atoms with Gasteiger partial charge in [-0.25, -0.2) is 0 Å². The summed E-state index contributed by atoms with van der Waals surface area (Å²) in [6, 6.07) is 5.32. The van der Waals surface area contributed by atoms with Gasteiger partial charge in [-0.2, -0.15) is 0 Å². The summed E-state index contributed by atoms with van der Waals surface area (Å²) in [5, 5.41) is 11.7. The van der Waals surface area contributed by atoms with E-state index in [9.17, 15) is 9.59 Å². The van der Waals surface area contributed by atoms with E-state index in [-0.39, 0.29) is 24.8 Å². The summed E-state index contributed by atoms with van der Waals surface area (Å²) < 4.78 is 5.50. The fourth-order valence-corrected chi connectivity index (χ4v) is 2.16. The molecule has 0 aromatic heterocycles. The highest BCUT2D eigenvalue weighted by Gasteiger charge is 2.25. The van der Waals surface area contributed by atoms with Gasteiger partial charge in [0.1, 0.15) is 12.4 Å². The normalized spacial score (nSPS) is 17.2. The van der Waals surface area contributed by atoms with Gasteiger partial charge in [-0.15, -0.1) is 0 Å². The van der Waals surface area contributed by atoms with E-state index >= 15 is 0 Å². The van der Waals surface area contributed by atoms with E-state index in [1.54, 1.807) is 18.2 Å². The predicted molar refractivity (Wildman–Crippen MR) is 69.4 cm³/mol. The van der Waals surface area contributed by atoms with Crippen LogP contribution in [0.4, 0.5) is 0 Å². The molecule has 2 rings (SSSR count). The molecule has 0 radical (unpaired) electrons. The molecular weight excluding hydrogens is 270 g/mol. The number of hydrogen-bond acceptors (Lipinski definition) is 3. The van der Waals surface area contributed by atoms with Gasteiger partial charge in [0, 0.05) is 11.6 Å². The average molecular weight is 284 g/mol. The lowest BCUT2D eigenvalue weighted by Gasteiger charge is -2.24. The molecule has 1 amide bonds. The summed E-state index contributed by atoms with van der Waals surface area (Å²) in [5.41, 5.74) is 0.900.